The van der Waals surface area contributed by atoms with Crippen molar-refractivity contribution in [2.75, 3.05) is 18.5 Å². The van der Waals surface area contributed by atoms with Gasteiger partial charge >= 0.3 is 11.9 Å². The number of para-hydroxylation sites is 1. The Morgan fingerprint density at radius 1 is 1.06 bits per heavy atom. The average Bonchev–Trinajstić information content (AvgIpc) is 3.23. The van der Waals surface area contributed by atoms with E-state index in [9.17, 15) is 19.2 Å². The molecule has 0 aliphatic heterocycles. The second-order valence-corrected chi connectivity index (χ2v) is 6.81. The van der Waals surface area contributed by atoms with Gasteiger partial charge in [0.1, 0.15) is 11.3 Å². The summed E-state index contributed by atoms with van der Waals surface area (Å²) in [5, 5.41) is 3.08. The average molecular weight is 426 g/mol. The van der Waals surface area contributed by atoms with Crippen LogP contribution in [0.2, 0.25) is 0 Å². The largest absolute Gasteiger partial charge is 0.462 e. The summed E-state index contributed by atoms with van der Waals surface area (Å²) < 4.78 is 17.3. The summed E-state index contributed by atoms with van der Waals surface area (Å²) in [6.07, 6.45) is 1.62. The monoisotopic (exact) mass is 426 g/mol. The number of carbonyl (C=O) groups is 4. The Morgan fingerprint density at radius 2 is 1.77 bits per heavy atom. The zero-order valence-corrected chi connectivity index (χ0v) is 17.6. The van der Waals surface area contributed by atoms with Crippen LogP contribution in [0.1, 0.15) is 50.7 Å². The number of ketones is 1. The highest BCUT2D eigenvalue weighted by Crippen LogP contribution is 2.28. The predicted octanol–water partition coefficient (Wildman–Crippen LogP) is 3.25. The number of fused-ring (bicyclic) bond motifs is 1. The van der Waals surface area contributed by atoms with Crippen LogP contribution in [-0.2, 0) is 21.3 Å². The van der Waals surface area contributed by atoms with E-state index in [1.165, 1.54) is 13.8 Å². The van der Waals surface area contributed by atoms with Crippen LogP contribution in [0.3, 0.4) is 0 Å². The van der Waals surface area contributed by atoms with Crippen LogP contribution < -0.4 is 5.32 Å². The highest BCUT2D eigenvalue weighted by Gasteiger charge is 2.29. The van der Waals surface area contributed by atoms with Crippen molar-refractivity contribution in [1.29, 1.82) is 0 Å². The fourth-order valence-corrected chi connectivity index (χ4v) is 3.33. The minimum atomic E-state index is -0.799. The number of aryl methyl sites for hydroxylation is 2. The van der Waals surface area contributed by atoms with Gasteiger partial charge in [-0.25, -0.2) is 9.59 Å². The number of carbonyl (C=O) groups excluding carboxylic acids is 4. The number of amides is 1. The first-order valence-electron chi connectivity index (χ1n) is 9.57. The first-order valence-corrected chi connectivity index (χ1v) is 9.57. The van der Waals surface area contributed by atoms with Crippen molar-refractivity contribution in [3.8, 4) is 0 Å². The Hall–Kier alpha value is -3.88. The number of Topliss-reactive ketones (excluding diaryl/α,β-unsaturated/α-hetero) is 1. The molecule has 0 atom stereocenters. The van der Waals surface area contributed by atoms with E-state index in [2.05, 4.69) is 5.32 Å². The molecule has 0 saturated carbocycles. The maximum absolute atomic E-state index is 12.5. The lowest BCUT2D eigenvalue weighted by Gasteiger charge is -2.07. The zero-order chi connectivity index (χ0) is 22.7. The van der Waals surface area contributed by atoms with Crippen LogP contribution in [0.5, 0.6) is 0 Å². The lowest BCUT2D eigenvalue weighted by atomic mass is 10.1. The molecule has 0 unspecified atom stereocenters. The van der Waals surface area contributed by atoms with Crippen molar-refractivity contribution in [2.24, 2.45) is 7.05 Å². The number of nitrogens with zero attached hydrogens (tertiary/aromatic N) is 1. The summed E-state index contributed by atoms with van der Waals surface area (Å²) in [5.74, 6) is -2.67. The molecule has 2 aromatic heterocycles. The van der Waals surface area contributed by atoms with Crippen LogP contribution in [0, 0.1) is 6.92 Å². The third kappa shape index (κ3) is 4.35. The van der Waals surface area contributed by atoms with E-state index in [1.807, 2.05) is 12.1 Å². The standard InChI is InChI=1S/C22H22N2O7/c1-5-29-22(28)19-18(12(2)25)13(3)31-20(19)23-17(26)11-30-21(27)15-10-24(4)16-9-7-6-8-14(15)16/h6-10H,5,11H2,1-4H3,(H,23,26). The fraction of sp³-hybridized carbons (Fsp3) is 0.273. The van der Waals surface area contributed by atoms with Crippen LogP contribution in [0.4, 0.5) is 5.88 Å². The maximum Gasteiger partial charge on any atom is 0.344 e. The highest BCUT2D eigenvalue weighted by molar-refractivity contribution is 6.11. The molecule has 1 amide bonds. The minimum absolute atomic E-state index is 0.0292. The van der Waals surface area contributed by atoms with Gasteiger partial charge in [-0.05, 0) is 26.8 Å². The third-order valence-corrected chi connectivity index (χ3v) is 4.62. The summed E-state index contributed by atoms with van der Waals surface area (Å²) in [4.78, 5) is 49.0. The van der Waals surface area contributed by atoms with Crippen molar-refractivity contribution in [2.45, 2.75) is 20.8 Å². The molecule has 162 valence electrons. The molecular formula is C22H22N2O7. The van der Waals surface area contributed by atoms with E-state index in [1.54, 1.807) is 36.9 Å². The Bertz CT molecular complexity index is 1190. The number of rotatable bonds is 7. The molecule has 1 N–H and O–H groups in total. The summed E-state index contributed by atoms with van der Waals surface area (Å²) >= 11 is 0. The molecule has 0 spiro atoms. The van der Waals surface area contributed by atoms with E-state index >= 15 is 0 Å². The van der Waals surface area contributed by atoms with Crippen molar-refractivity contribution < 1.29 is 33.1 Å². The van der Waals surface area contributed by atoms with Crippen molar-refractivity contribution in [3.05, 3.63) is 52.9 Å². The Balaban J connectivity index is 1.75. The Kier molecular flexibility index (Phi) is 6.24. The number of anilines is 1. The van der Waals surface area contributed by atoms with Crippen LogP contribution in [-0.4, -0.2) is 41.4 Å². The molecule has 31 heavy (non-hydrogen) atoms. The van der Waals surface area contributed by atoms with E-state index in [-0.39, 0.29) is 29.4 Å². The summed E-state index contributed by atoms with van der Waals surface area (Å²) in [5.41, 5.74) is 1.04. The van der Waals surface area contributed by atoms with Crippen molar-refractivity contribution in [1.82, 2.24) is 4.57 Å². The molecule has 2 heterocycles. The Morgan fingerprint density at radius 3 is 2.45 bits per heavy atom. The molecule has 0 bridgehead atoms. The molecule has 0 fully saturated rings. The predicted molar refractivity (Wildman–Crippen MR) is 111 cm³/mol. The second kappa shape index (κ2) is 8.86. The minimum Gasteiger partial charge on any atom is -0.462 e. The molecule has 1 aromatic carbocycles. The van der Waals surface area contributed by atoms with E-state index in [0.29, 0.717) is 10.9 Å². The smallest absolute Gasteiger partial charge is 0.344 e. The zero-order valence-electron chi connectivity index (χ0n) is 17.6. The fourth-order valence-electron chi connectivity index (χ4n) is 3.33. The molecule has 3 aromatic rings. The third-order valence-electron chi connectivity index (χ3n) is 4.62. The van der Waals surface area contributed by atoms with E-state index in [0.717, 1.165) is 5.52 Å². The van der Waals surface area contributed by atoms with Crippen LogP contribution in [0.15, 0.2) is 34.9 Å². The quantitative estimate of drug-likeness (QED) is 0.455. The number of esters is 2. The van der Waals surface area contributed by atoms with Gasteiger partial charge in [-0.15, -0.1) is 0 Å². The van der Waals surface area contributed by atoms with Gasteiger partial charge in [-0.2, -0.15) is 0 Å². The maximum atomic E-state index is 12.5. The topological polar surface area (TPSA) is 117 Å². The molecule has 3 rings (SSSR count). The number of hydrogen-bond acceptors (Lipinski definition) is 7. The lowest BCUT2D eigenvalue weighted by molar-refractivity contribution is -0.119. The summed E-state index contributed by atoms with van der Waals surface area (Å²) in [7, 11) is 1.80. The van der Waals surface area contributed by atoms with Gasteiger partial charge in [0, 0.05) is 24.1 Å². The summed E-state index contributed by atoms with van der Waals surface area (Å²) in [6, 6.07) is 7.30. The van der Waals surface area contributed by atoms with Gasteiger partial charge in [-0.3, -0.25) is 14.9 Å². The lowest BCUT2D eigenvalue weighted by Crippen LogP contribution is -2.22. The first kappa shape index (κ1) is 21.8. The van der Waals surface area contributed by atoms with Gasteiger partial charge in [0.25, 0.3) is 5.91 Å². The number of hydrogen-bond donors (Lipinski definition) is 1. The van der Waals surface area contributed by atoms with Gasteiger partial charge in [-0.1, -0.05) is 18.2 Å². The van der Waals surface area contributed by atoms with E-state index in [4.69, 9.17) is 13.9 Å². The SMILES string of the molecule is CCOC(=O)c1c(NC(=O)COC(=O)c2cn(C)c3ccccc23)oc(C)c1C(C)=O. The molecule has 0 radical (unpaired) electrons. The number of benzene rings is 1. The van der Waals surface area contributed by atoms with Gasteiger partial charge in [0.15, 0.2) is 12.4 Å². The van der Waals surface area contributed by atoms with Gasteiger partial charge < -0.3 is 18.5 Å². The molecule has 9 nitrogen and oxygen atoms in total. The van der Waals surface area contributed by atoms with Gasteiger partial charge in [0.2, 0.25) is 5.88 Å². The molecule has 0 aliphatic rings. The van der Waals surface area contributed by atoms with Crippen LogP contribution in [0.25, 0.3) is 10.9 Å². The molecule has 0 saturated heterocycles. The molecular weight excluding hydrogens is 404 g/mol. The summed E-state index contributed by atoms with van der Waals surface area (Å²) in [6.45, 7) is 3.85. The van der Waals surface area contributed by atoms with Crippen molar-refractivity contribution >= 4 is 40.4 Å². The Labute approximate surface area is 177 Å². The van der Waals surface area contributed by atoms with Crippen molar-refractivity contribution in [3.63, 3.8) is 0 Å². The van der Waals surface area contributed by atoms with Crippen LogP contribution >= 0.6 is 0 Å². The second-order valence-electron chi connectivity index (χ2n) is 6.81. The number of ether oxygens (including phenoxy) is 2. The highest BCUT2D eigenvalue weighted by atomic mass is 16.5. The molecule has 9 heteroatoms. The van der Waals surface area contributed by atoms with E-state index < -0.39 is 30.2 Å². The first-order chi connectivity index (χ1) is 14.7. The number of aromatic nitrogens is 1. The molecule has 0 aliphatic carbocycles. The van der Waals surface area contributed by atoms with Gasteiger partial charge in [0.05, 0.1) is 17.7 Å². The number of furan rings is 1. The number of nitrogens with one attached hydrogen (secondary N) is 1. The normalized spacial score (nSPS) is 10.7.